The summed E-state index contributed by atoms with van der Waals surface area (Å²) in [7, 11) is 0. The molecule has 0 saturated carbocycles. The molecule has 1 saturated heterocycles. The Hall–Kier alpha value is -1.61. The first-order valence-corrected chi connectivity index (χ1v) is 8.07. The van der Waals surface area contributed by atoms with Crippen molar-refractivity contribution in [2.45, 2.75) is 53.2 Å². The smallest absolute Gasteiger partial charge is 0.221 e. The average Bonchev–Trinajstić information content (AvgIpc) is 2.97. The highest BCUT2D eigenvalue weighted by Crippen LogP contribution is 2.24. The van der Waals surface area contributed by atoms with Crippen molar-refractivity contribution in [3.63, 3.8) is 0 Å². The number of nitrogens with one attached hydrogen (secondary N) is 1. The first-order chi connectivity index (χ1) is 10.3. The Balaban J connectivity index is 0.000000510. The molecule has 0 spiro atoms. The van der Waals surface area contributed by atoms with E-state index in [0.29, 0.717) is 6.04 Å². The topological polar surface area (TPSA) is 34.1 Å². The van der Waals surface area contributed by atoms with Crippen LogP contribution in [0.3, 0.4) is 0 Å². The van der Waals surface area contributed by atoms with Gasteiger partial charge in [0.15, 0.2) is 0 Å². The zero-order valence-corrected chi connectivity index (χ0v) is 13.9. The summed E-state index contributed by atoms with van der Waals surface area (Å²) < 4.78 is 5.99. The minimum absolute atomic E-state index is 0.239. The van der Waals surface area contributed by atoms with E-state index in [9.17, 15) is 0 Å². The normalized spacial score (nSPS) is 20.0. The fourth-order valence-corrected chi connectivity index (χ4v) is 2.33. The number of nitrogens with zero attached hydrogens (tertiary/aromatic N) is 1. The van der Waals surface area contributed by atoms with E-state index in [4.69, 9.17) is 4.74 Å². The number of aromatic nitrogens is 1. The molecular weight excluding hydrogens is 260 g/mol. The molecule has 3 nitrogen and oxygen atoms in total. The van der Waals surface area contributed by atoms with Crippen LogP contribution in [-0.2, 0) is 0 Å². The first-order valence-electron chi connectivity index (χ1n) is 8.07. The highest BCUT2D eigenvalue weighted by Gasteiger charge is 2.22. The lowest BCUT2D eigenvalue weighted by atomic mass is 10.2. The first kappa shape index (κ1) is 17.4. The van der Waals surface area contributed by atoms with E-state index in [1.165, 1.54) is 5.39 Å². The van der Waals surface area contributed by atoms with Crippen molar-refractivity contribution in [3.05, 3.63) is 36.5 Å². The summed E-state index contributed by atoms with van der Waals surface area (Å²) in [5, 5.41) is 5.65. The van der Waals surface area contributed by atoms with E-state index < -0.39 is 0 Å². The Bertz CT molecular complexity index is 522. The summed E-state index contributed by atoms with van der Waals surface area (Å²) in [6, 6.07) is 10.7. The highest BCUT2D eigenvalue weighted by molar-refractivity contribution is 5.86. The van der Waals surface area contributed by atoms with Crippen LogP contribution in [0.4, 0.5) is 0 Å². The Labute approximate surface area is 128 Å². The van der Waals surface area contributed by atoms with Gasteiger partial charge in [0.2, 0.25) is 5.88 Å². The fourth-order valence-electron chi connectivity index (χ4n) is 2.33. The van der Waals surface area contributed by atoms with Gasteiger partial charge < -0.3 is 10.1 Å². The van der Waals surface area contributed by atoms with Gasteiger partial charge >= 0.3 is 0 Å². The Morgan fingerprint density at radius 1 is 1.10 bits per heavy atom. The quantitative estimate of drug-likeness (QED) is 0.888. The molecule has 1 aromatic carbocycles. The minimum atomic E-state index is 0.239. The maximum Gasteiger partial charge on any atom is 0.221 e. The molecule has 1 aromatic heterocycles. The number of hydrogen-bond acceptors (Lipinski definition) is 3. The van der Waals surface area contributed by atoms with Crippen molar-refractivity contribution in [1.82, 2.24) is 10.3 Å². The molecule has 116 valence electrons. The van der Waals surface area contributed by atoms with Gasteiger partial charge in [0, 0.05) is 30.6 Å². The lowest BCUT2D eigenvalue weighted by Gasteiger charge is -2.13. The second kappa shape index (κ2) is 9.35. The van der Waals surface area contributed by atoms with Crippen molar-refractivity contribution in [3.8, 4) is 5.88 Å². The molecule has 0 amide bonds. The summed E-state index contributed by atoms with van der Waals surface area (Å²) in [5.74, 6) is 0.754. The molecule has 3 rings (SSSR count). The number of ether oxygens (including phenoxy) is 1. The zero-order valence-electron chi connectivity index (χ0n) is 13.9. The summed E-state index contributed by atoms with van der Waals surface area (Å²) in [6.07, 6.45) is 3.09. The molecule has 1 aliphatic heterocycles. The number of fused-ring (bicyclic) bond motifs is 1. The lowest BCUT2D eigenvalue weighted by Crippen LogP contribution is -2.21. The highest BCUT2D eigenvalue weighted by atomic mass is 16.5. The minimum Gasteiger partial charge on any atom is -0.472 e. The lowest BCUT2D eigenvalue weighted by molar-refractivity contribution is 0.215. The molecule has 2 unspecified atom stereocenters. The Morgan fingerprint density at radius 3 is 2.48 bits per heavy atom. The summed E-state index contributed by atoms with van der Waals surface area (Å²) in [6.45, 7) is 11.1. The van der Waals surface area contributed by atoms with Gasteiger partial charge in [-0.15, -0.1) is 0 Å². The zero-order chi connectivity index (χ0) is 15.7. The maximum atomic E-state index is 5.99. The standard InChI is InChI=1S/C14H16N2O.2C2H6/c1-10-8-12(9-16-10)17-14-13-5-3-2-4-11(13)6-7-15-14;2*1-2/h2-7,10,12,16H,8-9H2,1H3;2*1-2H3. The second-order valence-electron chi connectivity index (χ2n) is 4.62. The Kier molecular flexibility index (Phi) is 7.76. The number of benzene rings is 1. The molecule has 1 aliphatic rings. The van der Waals surface area contributed by atoms with Crippen LogP contribution >= 0.6 is 0 Å². The van der Waals surface area contributed by atoms with Crippen molar-refractivity contribution in [2.75, 3.05) is 6.54 Å². The molecule has 3 heteroatoms. The van der Waals surface area contributed by atoms with Crippen LogP contribution < -0.4 is 10.1 Å². The van der Waals surface area contributed by atoms with Crippen LogP contribution in [-0.4, -0.2) is 23.7 Å². The van der Waals surface area contributed by atoms with Crippen LogP contribution in [0.1, 0.15) is 41.0 Å². The number of hydrogen-bond donors (Lipinski definition) is 1. The summed E-state index contributed by atoms with van der Waals surface area (Å²) in [5.41, 5.74) is 0. The molecular formula is C18H28N2O. The van der Waals surface area contributed by atoms with Crippen molar-refractivity contribution < 1.29 is 4.74 Å². The molecule has 0 radical (unpaired) electrons. The third kappa shape index (κ3) is 4.71. The third-order valence-corrected chi connectivity index (χ3v) is 3.23. The monoisotopic (exact) mass is 288 g/mol. The van der Waals surface area contributed by atoms with E-state index in [1.54, 1.807) is 0 Å². The van der Waals surface area contributed by atoms with Gasteiger partial charge in [0.05, 0.1) is 0 Å². The summed E-state index contributed by atoms with van der Waals surface area (Å²) >= 11 is 0. The van der Waals surface area contributed by atoms with Crippen molar-refractivity contribution in [1.29, 1.82) is 0 Å². The molecule has 2 atom stereocenters. The van der Waals surface area contributed by atoms with E-state index in [0.717, 1.165) is 24.2 Å². The van der Waals surface area contributed by atoms with Gasteiger partial charge in [-0.05, 0) is 24.4 Å². The average molecular weight is 288 g/mol. The summed E-state index contributed by atoms with van der Waals surface area (Å²) in [4.78, 5) is 4.35. The van der Waals surface area contributed by atoms with Crippen LogP contribution in [0.5, 0.6) is 5.88 Å². The van der Waals surface area contributed by atoms with Gasteiger partial charge in [0.1, 0.15) is 6.10 Å². The van der Waals surface area contributed by atoms with E-state index in [2.05, 4.69) is 29.4 Å². The van der Waals surface area contributed by atoms with Crippen molar-refractivity contribution >= 4 is 10.8 Å². The largest absolute Gasteiger partial charge is 0.472 e. The predicted molar refractivity (Wildman–Crippen MR) is 90.9 cm³/mol. The van der Waals surface area contributed by atoms with Gasteiger partial charge in [0.25, 0.3) is 0 Å². The van der Waals surface area contributed by atoms with Gasteiger partial charge in [-0.2, -0.15) is 0 Å². The van der Waals surface area contributed by atoms with Crippen LogP contribution in [0.25, 0.3) is 10.8 Å². The maximum absolute atomic E-state index is 5.99. The molecule has 0 bridgehead atoms. The Morgan fingerprint density at radius 2 is 1.81 bits per heavy atom. The van der Waals surface area contributed by atoms with Crippen LogP contribution in [0.2, 0.25) is 0 Å². The van der Waals surface area contributed by atoms with E-state index >= 15 is 0 Å². The SMILES string of the molecule is CC.CC.CC1CC(Oc2nccc3ccccc23)CN1. The molecule has 1 fully saturated rings. The molecule has 2 aromatic rings. The predicted octanol–water partition coefficient (Wildman–Crippen LogP) is 4.42. The van der Waals surface area contributed by atoms with Gasteiger partial charge in [-0.25, -0.2) is 4.98 Å². The molecule has 0 aliphatic carbocycles. The van der Waals surface area contributed by atoms with E-state index in [-0.39, 0.29) is 6.10 Å². The second-order valence-corrected chi connectivity index (χ2v) is 4.62. The van der Waals surface area contributed by atoms with Crippen molar-refractivity contribution in [2.24, 2.45) is 0 Å². The molecule has 2 heterocycles. The van der Waals surface area contributed by atoms with Gasteiger partial charge in [-0.3, -0.25) is 0 Å². The van der Waals surface area contributed by atoms with E-state index in [1.807, 2.05) is 52.1 Å². The molecule has 1 N–H and O–H groups in total. The third-order valence-electron chi connectivity index (χ3n) is 3.23. The van der Waals surface area contributed by atoms with Gasteiger partial charge in [-0.1, -0.05) is 45.9 Å². The molecule has 21 heavy (non-hydrogen) atoms. The van der Waals surface area contributed by atoms with Crippen LogP contribution in [0.15, 0.2) is 36.5 Å². The fraction of sp³-hybridized carbons (Fsp3) is 0.500. The number of pyridine rings is 1. The number of rotatable bonds is 2. The van der Waals surface area contributed by atoms with Crippen LogP contribution in [0, 0.1) is 0 Å².